The maximum atomic E-state index is 5.40. The molecule has 1 saturated carbocycles. The highest BCUT2D eigenvalue weighted by Crippen LogP contribution is 2.38. The van der Waals surface area contributed by atoms with Gasteiger partial charge in [0.05, 0.1) is 7.11 Å². The van der Waals surface area contributed by atoms with Crippen molar-refractivity contribution in [3.63, 3.8) is 0 Å². The van der Waals surface area contributed by atoms with Crippen LogP contribution in [0.3, 0.4) is 0 Å². The fourth-order valence-corrected chi connectivity index (χ4v) is 3.35. The fraction of sp³-hybridized carbons (Fsp3) is 0.636. The average molecular weight is 254 g/mol. The van der Waals surface area contributed by atoms with Crippen LogP contribution in [0.5, 0.6) is 5.75 Å². The number of nitrogens with one attached hydrogen (secondary N) is 1. The van der Waals surface area contributed by atoms with E-state index in [0.717, 1.165) is 5.03 Å². The van der Waals surface area contributed by atoms with E-state index in [4.69, 9.17) is 10.6 Å². The summed E-state index contributed by atoms with van der Waals surface area (Å²) in [5.41, 5.74) is 2.53. The quantitative estimate of drug-likeness (QED) is 0.487. The summed E-state index contributed by atoms with van der Waals surface area (Å²) in [4.78, 5) is 8.32. The zero-order valence-electron chi connectivity index (χ0n) is 9.98. The second-order valence-electron chi connectivity index (χ2n) is 4.08. The maximum Gasteiger partial charge on any atom is 0.195 e. The van der Waals surface area contributed by atoms with Crippen molar-refractivity contribution in [1.82, 2.24) is 9.97 Å². The number of rotatable bonds is 4. The number of aromatic nitrogens is 2. The van der Waals surface area contributed by atoms with Crippen LogP contribution in [0.4, 0.5) is 5.82 Å². The lowest BCUT2D eigenvalue weighted by Gasteiger charge is -2.21. The van der Waals surface area contributed by atoms with Crippen LogP contribution in [0.15, 0.2) is 11.4 Å². The normalized spacial score (nSPS) is 16.8. The number of nitrogen functional groups attached to an aromatic ring is 1. The average Bonchev–Trinajstić information content (AvgIpc) is 2.39. The Bertz CT molecular complexity index is 368. The minimum atomic E-state index is 0.542. The highest BCUT2D eigenvalue weighted by Gasteiger charge is 2.19. The van der Waals surface area contributed by atoms with Gasteiger partial charge in [0.25, 0.3) is 0 Å². The molecule has 0 spiro atoms. The largest absolute Gasteiger partial charge is 0.490 e. The predicted octanol–water partition coefficient (Wildman–Crippen LogP) is 2.20. The molecule has 0 atom stereocenters. The van der Waals surface area contributed by atoms with Gasteiger partial charge in [-0.3, -0.25) is 0 Å². The first-order valence-corrected chi connectivity index (χ1v) is 6.75. The van der Waals surface area contributed by atoms with Gasteiger partial charge in [0.2, 0.25) is 0 Å². The van der Waals surface area contributed by atoms with Crippen molar-refractivity contribution in [2.24, 2.45) is 5.84 Å². The Balaban J connectivity index is 2.13. The molecule has 1 heterocycles. The van der Waals surface area contributed by atoms with E-state index in [1.807, 2.05) is 0 Å². The molecule has 1 aliphatic rings. The molecule has 0 amide bonds. The number of hydrogen-bond acceptors (Lipinski definition) is 6. The first-order valence-electron chi connectivity index (χ1n) is 5.87. The number of thioether (sulfide) groups is 1. The molecule has 94 valence electrons. The number of methoxy groups -OCH3 is 1. The number of hydrogen-bond donors (Lipinski definition) is 2. The van der Waals surface area contributed by atoms with Crippen molar-refractivity contribution < 1.29 is 4.74 Å². The lowest BCUT2D eigenvalue weighted by molar-refractivity contribution is 0.400. The van der Waals surface area contributed by atoms with Crippen LogP contribution < -0.4 is 16.0 Å². The number of hydrazine groups is 1. The van der Waals surface area contributed by atoms with Crippen molar-refractivity contribution in [3.05, 3.63) is 6.33 Å². The Morgan fingerprint density at radius 2 is 2.12 bits per heavy atom. The number of nitrogens with zero attached hydrogens (tertiary/aromatic N) is 2. The van der Waals surface area contributed by atoms with Gasteiger partial charge >= 0.3 is 0 Å². The van der Waals surface area contributed by atoms with E-state index in [-0.39, 0.29) is 0 Å². The van der Waals surface area contributed by atoms with E-state index < -0.39 is 0 Å². The van der Waals surface area contributed by atoms with Crippen LogP contribution in [-0.2, 0) is 0 Å². The molecular formula is C11H18N4OS. The van der Waals surface area contributed by atoms with Gasteiger partial charge in [0, 0.05) is 5.25 Å². The Morgan fingerprint density at radius 1 is 1.35 bits per heavy atom. The van der Waals surface area contributed by atoms with E-state index in [9.17, 15) is 0 Å². The minimum Gasteiger partial charge on any atom is -0.490 e. The summed E-state index contributed by atoms with van der Waals surface area (Å²) in [5, 5.41) is 1.51. The Labute approximate surface area is 106 Å². The smallest absolute Gasteiger partial charge is 0.195 e. The molecule has 0 aliphatic heterocycles. The topological polar surface area (TPSA) is 73.1 Å². The standard InChI is InChI=1S/C11H18N4OS/c1-16-9-10(15-12)13-7-14-11(9)17-8-5-3-2-4-6-8/h7-8H,2-6,12H2,1H3,(H,13,14,15). The van der Waals surface area contributed by atoms with E-state index >= 15 is 0 Å². The molecule has 0 aromatic carbocycles. The van der Waals surface area contributed by atoms with Crippen molar-refractivity contribution >= 4 is 17.6 Å². The molecule has 0 radical (unpaired) electrons. The molecule has 6 heteroatoms. The lowest BCUT2D eigenvalue weighted by Crippen LogP contribution is -2.12. The van der Waals surface area contributed by atoms with Gasteiger partial charge < -0.3 is 10.2 Å². The summed E-state index contributed by atoms with van der Waals surface area (Å²) < 4.78 is 5.32. The third-order valence-electron chi connectivity index (χ3n) is 2.94. The van der Waals surface area contributed by atoms with Crippen molar-refractivity contribution in [2.45, 2.75) is 42.4 Å². The van der Waals surface area contributed by atoms with Gasteiger partial charge in [-0.05, 0) is 12.8 Å². The number of anilines is 1. The van der Waals surface area contributed by atoms with Gasteiger partial charge in [0.15, 0.2) is 11.6 Å². The molecular weight excluding hydrogens is 236 g/mol. The molecule has 0 bridgehead atoms. The van der Waals surface area contributed by atoms with Gasteiger partial charge in [0.1, 0.15) is 11.4 Å². The van der Waals surface area contributed by atoms with Crippen molar-refractivity contribution in [1.29, 1.82) is 0 Å². The van der Waals surface area contributed by atoms with Gasteiger partial charge in [-0.2, -0.15) is 0 Å². The summed E-state index contributed by atoms with van der Waals surface area (Å²) in [6, 6.07) is 0. The van der Waals surface area contributed by atoms with E-state index in [0.29, 0.717) is 16.8 Å². The second-order valence-corrected chi connectivity index (χ2v) is 5.37. The summed E-state index contributed by atoms with van der Waals surface area (Å²) >= 11 is 1.77. The third-order valence-corrected chi connectivity index (χ3v) is 4.26. The van der Waals surface area contributed by atoms with Crippen LogP contribution in [0.25, 0.3) is 0 Å². The van der Waals surface area contributed by atoms with Gasteiger partial charge in [-0.1, -0.05) is 31.0 Å². The van der Waals surface area contributed by atoms with Crippen molar-refractivity contribution in [3.8, 4) is 5.75 Å². The molecule has 1 aliphatic carbocycles. The fourth-order valence-electron chi connectivity index (χ4n) is 2.07. The third kappa shape index (κ3) is 3.01. The molecule has 1 fully saturated rings. The zero-order chi connectivity index (χ0) is 12.1. The van der Waals surface area contributed by atoms with Gasteiger partial charge in [-0.15, -0.1) is 0 Å². The molecule has 0 saturated heterocycles. The van der Waals surface area contributed by atoms with Crippen molar-refractivity contribution in [2.75, 3.05) is 12.5 Å². The highest BCUT2D eigenvalue weighted by atomic mass is 32.2. The van der Waals surface area contributed by atoms with E-state index in [1.165, 1.54) is 38.4 Å². The minimum absolute atomic E-state index is 0.542. The molecule has 17 heavy (non-hydrogen) atoms. The first-order chi connectivity index (χ1) is 8.35. The Morgan fingerprint density at radius 3 is 2.76 bits per heavy atom. The Kier molecular flexibility index (Phi) is 4.44. The predicted molar refractivity (Wildman–Crippen MR) is 69.1 cm³/mol. The van der Waals surface area contributed by atoms with Crippen LogP contribution >= 0.6 is 11.8 Å². The highest BCUT2D eigenvalue weighted by molar-refractivity contribution is 8.00. The zero-order valence-corrected chi connectivity index (χ0v) is 10.8. The summed E-state index contributed by atoms with van der Waals surface area (Å²) in [7, 11) is 1.62. The summed E-state index contributed by atoms with van der Waals surface area (Å²) in [5.74, 6) is 6.59. The number of nitrogens with two attached hydrogens (primary N) is 1. The van der Waals surface area contributed by atoms with Crippen LogP contribution in [0, 0.1) is 0 Å². The monoisotopic (exact) mass is 254 g/mol. The maximum absolute atomic E-state index is 5.40. The first kappa shape index (κ1) is 12.4. The summed E-state index contributed by atoms with van der Waals surface area (Å²) in [6.07, 6.45) is 8.00. The SMILES string of the molecule is COc1c(NN)ncnc1SC1CCCCC1. The Hall–Kier alpha value is -1.01. The lowest BCUT2D eigenvalue weighted by atomic mass is 10.0. The summed E-state index contributed by atoms with van der Waals surface area (Å²) in [6.45, 7) is 0. The second kappa shape index (κ2) is 6.07. The van der Waals surface area contributed by atoms with Crippen LogP contribution in [0.1, 0.15) is 32.1 Å². The molecule has 3 N–H and O–H groups in total. The van der Waals surface area contributed by atoms with Crippen LogP contribution in [0.2, 0.25) is 0 Å². The molecule has 1 aromatic rings. The number of ether oxygens (including phenoxy) is 1. The molecule has 2 rings (SSSR count). The van der Waals surface area contributed by atoms with Crippen LogP contribution in [-0.4, -0.2) is 22.3 Å². The molecule has 0 unspecified atom stereocenters. The molecule has 1 aromatic heterocycles. The van der Waals surface area contributed by atoms with E-state index in [1.54, 1.807) is 18.9 Å². The molecule has 5 nitrogen and oxygen atoms in total. The van der Waals surface area contributed by atoms with E-state index in [2.05, 4.69) is 15.4 Å². The van der Waals surface area contributed by atoms with Gasteiger partial charge in [-0.25, -0.2) is 15.8 Å².